The Labute approximate surface area is 238 Å². The van der Waals surface area contributed by atoms with Crippen molar-refractivity contribution in [1.82, 2.24) is 9.97 Å². The highest BCUT2D eigenvalue weighted by molar-refractivity contribution is 7.13. The molecular formula is C28H30F6N4O2S. The average molecular weight is 601 g/mol. The fourth-order valence-electron chi connectivity index (χ4n) is 5.26. The third-order valence-electron chi connectivity index (χ3n) is 6.95. The van der Waals surface area contributed by atoms with Crippen molar-refractivity contribution in [3.05, 3.63) is 69.0 Å². The lowest BCUT2D eigenvalue weighted by Gasteiger charge is -2.44. The van der Waals surface area contributed by atoms with Crippen LogP contribution < -0.4 is 9.80 Å². The number of alkyl halides is 6. The monoisotopic (exact) mass is 600 g/mol. The molecule has 13 heteroatoms. The Kier molecular flexibility index (Phi) is 8.58. The van der Waals surface area contributed by atoms with Crippen LogP contribution in [0.1, 0.15) is 72.1 Å². The van der Waals surface area contributed by atoms with Crippen LogP contribution in [0.4, 0.5) is 42.0 Å². The van der Waals surface area contributed by atoms with Gasteiger partial charge in [-0.25, -0.2) is 9.78 Å². The number of aromatic nitrogens is 2. The maximum absolute atomic E-state index is 13.7. The van der Waals surface area contributed by atoms with E-state index in [1.165, 1.54) is 11.3 Å². The maximum Gasteiger partial charge on any atom is 0.416 e. The summed E-state index contributed by atoms with van der Waals surface area (Å²) in [6, 6.07) is 2.52. The predicted octanol–water partition coefficient (Wildman–Crippen LogP) is 8.39. The molecule has 2 unspecified atom stereocenters. The Balaban J connectivity index is 1.91. The van der Waals surface area contributed by atoms with E-state index in [1.54, 1.807) is 48.9 Å². The Bertz CT molecular complexity index is 1390. The summed E-state index contributed by atoms with van der Waals surface area (Å²) in [5, 5.41) is 2.21. The zero-order valence-electron chi connectivity index (χ0n) is 23.2. The number of pyridine rings is 1. The van der Waals surface area contributed by atoms with E-state index in [-0.39, 0.29) is 30.8 Å². The molecule has 0 saturated heterocycles. The van der Waals surface area contributed by atoms with Crippen LogP contribution in [0, 0.1) is 20.8 Å². The summed E-state index contributed by atoms with van der Waals surface area (Å²) in [6.07, 6.45) is -9.62. The number of carbonyl (C=O) groups is 1. The quantitative estimate of drug-likeness (QED) is 0.266. The smallest absolute Gasteiger partial charge is 0.416 e. The van der Waals surface area contributed by atoms with E-state index in [1.807, 2.05) is 6.92 Å². The molecule has 6 nitrogen and oxygen atoms in total. The number of ether oxygens (including phenoxy) is 1. The first kappa shape index (κ1) is 30.6. The summed E-state index contributed by atoms with van der Waals surface area (Å²) in [5.41, 5.74) is 0.149. The number of rotatable bonds is 6. The minimum atomic E-state index is -4.97. The standard InChI is InChI=1S/C28H30F6N4O2S/c1-6-21-12-23(22-8-15(3)35-17(5)24(22)38(21)26(39)40-7-2)37(25-36-16(4)14-41-25)13-18-9-19(27(29,30)31)11-20(10-18)28(32,33)34/h8-11,14,21,23H,6-7,12-13H2,1-5H3. The molecule has 0 N–H and O–H groups in total. The number of halogens is 6. The molecule has 41 heavy (non-hydrogen) atoms. The number of thiazole rings is 1. The van der Waals surface area contributed by atoms with Gasteiger partial charge in [-0.2, -0.15) is 26.3 Å². The number of carbonyl (C=O) groups excluding carboxylic acids is 1. The third kappa shape index (κ3) is 6.44. The van der Waals surface area contributed by atoms with E-state index in [4.69, 9.17) is 4.74 Å². The molecule has 0 radical (unpaired) electrons. The second-order valence-corrected chi connectivity index (χ2v) is 10.8. The lowest BCUT2D eigenvalue weighted by atomic mass is 9.88. The van der Waals surface area contributed by atoms with Gasteiger partial charge in [0.2, 0.25) is 0 Å². The molecule has 4 rings (SSSR count). The van der Waals surface area contributed by atoms with Gasteiger partial charge in [0.25, 0.3) is 0 Å². The van der Waals surface area contributed by atoms with Crippen LogP contribution in [-0.2, 0) is 23.6 Å². The number of anilines is 2. The van der Waals surface area contributed by atoms with E-state index in [2.05, 4.69) is 9.97 Å². The van der Waals surface area contributed by atoms with Crippen molar-refractivity contribution < 1.29 is 35.9 Å². The SMILES string of the molecule is CCOC(=O)N1c2c(cc(C)nc2C)C(N(Cc2cc(C(F)(F)F)cc(C(F)(F)F)c2)c2nc(C)cs2)CC1CC. The largest absolute Gasteiger partial charge is 0.449 e. The molecule has 0 spiro atoms. The predicted molar refractivity (Wildman–Crippen MR) is 144 cm³/mol. The van der Waals surface area contributed by atoms with Gasteiger partial charge in [0, 0.05) is 29.2 Å². The Morgan fingerprint density at radius 2 is 1.63 bits per heavy atom. The molecule has 0 bridgehead atoms. The van der Waals surface area contributed by atoms with E-state index in [0.29, 0.717) is 46.3 Å². The molecule has 2 aromatic heterocycles. The number of nitrogens with zero attached hydrogens (tertiary/aromatic N) is 4. The summed E-state index contributed by atoms with van der Waals surface area (Å²) < 4.78 is 87.4. The van der Waals surface area contributed by atoms with Crippen LogP contribution in [0.5, 0.6) is 0 Å². The second kappa shape index (κ2) is 11.5. The average Bonchev–Trinajstić information content (AvgIpc) is 3.31. The molecule has 0 aliphatic carbocycles. The van der Waals surface area contributed by atoms with Gasteiger partial charge in [-0.3, -0.25) is 9.88 Å². The van der Waals surface area contributed by atoms with Crippen molar-refractivity contribution in [2.75, 3.05) is 16.4 Å². The van der Waals surface area contributed by atoms with Crippen molar-refractivity contribution in [2.24, 2.45) is 0 Å². The molecule has 1 aromatic carbocycles. The summed E-state index contributed by atoms with van der Waals surface area (Å²) in [5.74, 6) is 0. The first-order chi connectivity index (χ1) is 19.1. The highest BCUT2D eigenvalue weighted by Gasteiger charge is 2.42. The van der Waals surface area contributed by atoms with Crippen LogP contribution in [0.15, 0.2) is 29.6 Å². The molecule has 3 heterocycles. The Morgan fingerprint density at radius 1 is 1.00 bits per heavy atom. The summed E-state index contributed by atoms with van der Waals surface area (Å²) in [7, 11) is 0. The Morgan fingerprint density at radius 3 is 2.15 bits per heavy atom. The molecule has 0 saturated carbocycles. The lowest BCUT2D eigenvalue weighted by Crippen LogP contribution is -2.48. The number of benzene rings is 1. The summed E-state index contributed by atoms with van der Waals surface area (Å²) in [6.45, 7) is 8.78. The van der Waals surface area contributed by atoms with Crippen LogP contribution >= 0.6 is 11.3 Å². The zero-order chi connectivity index (χ0) is 30.3. The molecule has 2 atom stereocenters. The van der Waals surface area contributed by atoms with Crippen LogP contribution in [0.25, 0.3) is 0 Å². The van der Waals surface area contributed by atoms with E-state index >= 15 is 0 Å². The first-order valence-electron chi connectivity index (χ1n) is 13.0. The molecular weight excluding hydrogens is 570 g/mol. The normalized spacial score (nSPS) is 17.4. The molecule has 222 valence electrons. The Hall–Kier alpha value is -3.35. The fourth-order valence-corrected chi connectivity index (χ4v) is 6.11. The number of hydrogen-bond acceptors (Lipinski definition) is 6. The van der Waals surface area contributed by atoms with E-state index < -0.39 is 35.6 Å². The van der Waals surface area contributed by atoms with Gasteiger partial charge in [-0.05, 0) is 70.4 Å². The summed E-state index contributed by atoms with van der Waals surface area (Å²) in [4.78, 5) is 25.5. The van der Waals surface area contributed by atoms with Gasteiger partial charge in [0.15, 0.2) is 5.13 Å². The van der Waals surface area contributed by atoms with Crippen LogP contribution in [-0.4, -0.2) is 28.7 Å². The molecule has 3 aromatic rings. The lowest BCUT2D eigenvalue weighted by molar-refractivity contribution is -0.143. The molecule has 1 aliphatic heterocycles. The minimum absolute atomic E-state index is 0.125. The zero-order valence-corrected chi connectivity index (χ0v) is 24.0. The molecule has 0 fully saturated rings. The van der Waals surface area contributed by atoms with Crippen LogP contribution in [0.3, 0.4) is 0 Å². The number of aryl methyl sites for hydroxylation is 3. The number of amides is 1. The molecule has 1 amide bonds. The van der Waals surface area contributed by atoms with Gasteiger partial charge in [-0.1, -0.05) is 6.92 Å². The first-order valence-corrected chi connectivity index (χ1v) is 13.9. The van der Waals surface area contributed by atoms with Crippen molar-refractivity contribution in [3.63, 3.8) is 0 Å². The van der Waals surface area contributed by atoms with Gasteiger partial charge >= 0.3 is 18.4 Å². The highest BCUT2D eigenvalue weighted by atomic mass is 32.1. The number of fused-ring (bicyclic) bond motifs is 1. The van der Waals surface area contributed by atoms with Gasteiger partial charge in [-0.15, -0.1) is 11.3 Å². The van der Waals surface area contributed by atoms with E-state index in [0.717, 1.165) is 12.1 Å². The van der Waals surface area contributed by atoms with Crippen molar-refractivity contribution >= 4 is 28.2 Å². The topological polar surface area (TPSA) is 58.6 Å². The fraction of sp³-hybridized carbons (Fsp3) is 0.464. The van der Waals surface area contributed by atoms with Crippen molar-refractivity contribution in [1.29, 1.82) is 0 Å². The van der Waals surface area contributed by atoms with E-state index in [9.17, 15) is 31.1 Å². The number of hydrogen-bond donors (Lipinski definition) is 0. The van der Waals surface area contributed by atoms with Crippen molar-refractivity contribution in [3.8, 4) is 0 Å². The van der Waals surface area contributed by atoms with Gasteiger partial charge in [0.05, 0.1) is 40.9 Å². The minimum Gasteiger partial charge on any atom is -0.449 e. The highest BCUT2D eigenvalue weighted by Crippen LogP contribution is 2.46. The summed E-state index contributed by atoms with van der Waals surface area (Å²) >= 11 is 1.25. The maximum atomic E-state index is 13.7. The third-order valence-corrected chi connectivity index (χ3v) is 7.95. The molecule has 1 aliphatic rings. The second-order valence-electron chi connectivity index (χ2n) is 9.98. The van der Waals surface area contributed by atoms with Crippen LogP contribution in [0.2, 0.25) is 0 Å². The van der Waals surface area contributed by atoms with Gasteiger partial charge in [0.1, 0.15) is 0 Å². The van der Waals surface area contributed by atoms with Gasteiger partial charge < -0.3 is 9.64 Å². The van der Waals surface area contributed by atoms with Crippen molar-refractivity contribution in [2.45, 2.75) is 78.4 Å².